The van der Waals surface area contributed by atoms with Crippen LogP contribution < -0.4 is 10.5 Å². The standard InChI is InChI=1S/C31H42N4O3/c1-19-10-11-22-17-24(18-28(19)34(22)23-15-20-6-2-3-7-21(14-20)16-23)35-26-9-5-4-8-25(26)32-29(30(35)36)33-13-12-27(33)31(37)38/h4-5,8-9,19-24,27-28H,2-3,6-7,10-18H2,1H3,(H,37,38)/t19-,20-,21+,22+,23?,24-,27+,28+/m0/s1. The Morgan fingerprint density at radius 2 is 1.66 bits per heavy atom. The summed E-state index contributed by atoms with van der Waals surface area (Å²) in [6.45, 7) is 3.00. The number of carboxylic acids is 1. The molecule has 1 N–H and O–H groups in total. The van der Waals surface area contributed by atoms with Crippen LogP contribution in [0.2, 0.25) is 0 Å². The fraction of sp³-hybridized carbons (Fsp3) is 0.710. The van der Waals surface area contributed by atoms with Crippen molar-refractivity contribution in [2.75, 3.05) is 11.4 Å². The first kappa shape index (κ1) is 24.6. The topological polar surface area (TPSA) is 78.7 Å². The highest BCUT2D eigenvalue weighted by atomic mass is 16.4. The molecule has 3 saturated heterocycles. The Hall–Kier alpha value is -2.41. The molecule has 1 aromatic heterocycles. The van der Waals surface area contributed by atoms with Crippen molar-refractivity contribution in [1.29, 1.82) is 0 Å². The lowest BCUT2D eigenvalue weighted by Gasteiger charge is -2.56. The van der Waals surface area contributed by atoms with E-state index in [1.54, 1.807) is 4.90 Å². The number of anilines is 1. The molecule has 2 aromatic rings. The van der Waals surface area contributed by atoms with Gasteiger partial charge in [0.05, 0.1) is 11.0 Å². The SMILES string of the molecule is C[C@H]1CC[C@@H]2C[C@H](n3c(=O)c(N4CC[C@@H]4C(=O)O)nc4ccccc43)C[C@H]1N2C1C[C@H]2CCCC[C@@H](C1)C2. The van der Waals surface area contributed by atoms with E-state index in [9.17, 15) is 14.7 Å². The molecule has 7 rings (SSSR count). The molecule has 3 aliphatic heterocycles. The van der Waals surface area contributed by atoms with Gasteiger partial charge in [-0.25, -0.2) is 9.78 Å². The van der Waals surface area contributed by atoms with E-state index in [2.05, 4.69) is 11.8 Å². The van der Waals surface area contributed by atoms with Gasteiger partial charge in [-0.3, -0.25) is 9.69 Å². The molecule has 0 radical (unpaired) electrons. The average molecular weight is 519 g/mol. The molecule has 5 fully saturated rings. The zero-order valence-corrected chi connectivity index (χ0v) is 22.7. The molecule has 0 amide bonds. The van der Waals surface area contributed by atoms with Gasteiger partial charge in [-0.2, -0.15) is 0 Å². The molecule has 0 spiro atoms. The molecular formula is C31H42N4O3. The highest BCUT2D eigenvalue weighted by Gasteiger charge is 2.47. The van der Waals surface area contributed by atoms with E-state index in [0.29, 0.717) is 42.8 Å². The Morgan fingerprint density at radius 1 is 0.895 bits per heavy atom. The van der Waals surface area contributed by atoms with Gasteiger partial charge in [0.1, 0.15) is 6.04 Å². The lowest BCUT2D eigenvalue weighted by Crippen LogP contribution is -2.61. The minimum atomic E-state index is -0.873. The summed E-state index contributed by atoms with van der Waals surface area (Å²) < 4.78 is 2.02. The third-order valence-electron chi connectivity index (χ3n) is 11.0. The second-order valence-corrected chi connectivity index (χ2v) is 13.2. The van der Waals surface area contributed by atoms with Crippen LogP contribution in [0.1, 0.15) is 90.0 Å². The normalized spacial score (nSPS) is 37.4. The number of hydrogen-bond donors (Lipinski definition) is 1. The number of para-hydroxylation sites is 2. The van der Waals surface area contributed by atoms with Crippen molar-refractivity contribution in [3.63, 3.8) is 0 Å². The van der Waals surface area contributed by atoms with E-state index in [-0.39, 0.29) is 11.6 Å². The van der Waals surface area contributed by atoms with Crippen molar-refractivity contribution in [2.24, 2.45) is 17.8 Å². The van der Waals surface area contributed by atoms with Gasteiger partial charge in [0, 0.05) is 30.7 Å². The molecule has 204 valence electrons. The molecule has 1 unspecified atom stereocenters. The summed E-state index contributed by atoms with van der Waals surface area (Å²) in [6.07, 6.45) is 14.9. The van der Waals surface area contributed by atoms with Crippen molar-refractivity contribution in [1.82, 2.24) is 14.5 Å². The van der Waals surface area contributed by atoms with Gasteiger partial charge in [-0.15, -0.1) is 0 Å². The Bertz CT molecular complexity index is 1260. The second kappa shape index (κ2) is 9.65. The number of nitrogens with zero attached hydrogens (tertiary/aromatic N) is 4. The maximum atomic E-state index is 14.1. The van der Waals surface area contributed by atoms with Crippen LogP contribution in [0.4, 0.5) is 5.82 Å². The number of fused-ring (bicyclic) bond motifs is 5. The molecule has 7 heteroatoms. The number of aliphatic carboxylic acids is 1. The third-order valence-corrected chi connectivity index (χ3v) is 11.0. The molecule has 7 nitrogen and oxygen atoms in total. The number of hydrogen-bond acceptors (Lipinski definition) is 5. The molecule has 4 bridgehead atoms. The van der Waals surface area contributed by atoms with Crippen LogP contribution in [-0.2, 0) is 4.79 Å². The van der Waals surface area contributed by atoms with Crippen molar-refractivity contribution in [3.05, 3.63) is 34.6 Å². The number of carbonyl (C=O) groups is 1. The fourth-order valence-electron chi connectivity index (χ4n) is 9.12. The van der Waals surface area contributed by atoms with Gasteiger partial charge in [-0.1, -0.05) is 44.7 Å². The maximum Gasteiger partial charge on any atom is 0.326 e. The van der Waals surface area contributed by atoms with Crippen LogP contribution >= 0.6 is 0 Å². The summed E-state index contributed by atoms with van der Waals surface area (Å²) in [5, 5.41) is 9.67. The van der Waals surface area contributed by atoms with Crippen LogP contribution in [-0.4, -0.2) is 56.2 Å². The number of piperidine rings is 2. The number of rotatable bonds is 4. The van der Waals surface area contributed by atoms with E-state index in [4.69, 9.17) is 4.98 Å². The van der Waals surface area contributed by atoms with Gasteiger partial charge >= 0.3 is 5.97 Å². The summed E-state index contributed by atoms with van der Waals surface area (Å²) >= 11 is 0. The monoisotopic (exact) mass is 518 g/mol. The van der Waals surface area contributed by atoms with Gasteiger partial charge in [0.15, 0.2) is 5.82 Å². The van der Waals surface area contributed by atoms with Crippen LogP contribution in [0.3, 0.4) is 0 Å². The molecule has 1 aromatic carbocycles. The zero-order valence-electron chi connectivity index (χ0n) is 22.7. The van der Waals surface area contributed by atoms with Crippen molar-refractivity contribution in [2.45, 2.75) is 114 Å². The smallest absolute Gasteiger partial charge is 0.326 e. The largest absolute Gasteiger partial charge is 0.480 e. The van der Waals surface area contributed by atoms with Gasteiger partial charge in [0.2, 0.25) is 0 Å². The summed E-state index contributed by atoms with van der Waals surface area (Å²) in [7, 11) is 0. The minimum absolute atomic E-state index is 0.109. The second-order valence-electron chi connectivity index (χ2n) is 13.2. The van der Waals surface area contributed by atoms with Crippen LogP contribution in [0, 0.1) is 17.8 Å². The van der Waals surface area contributed by atoms with Gasteiger partial charge < -0.3 is 14.6 Å². The lowest BCUT2D eigenvalue weighted by atomic mass is 9.71. The highest BCUT2D eigenvalue weighted by Crippen LogP contribution is 2.48. The Morgan fingerprint density at radius 3 is 2.37 bits per heavy atom. The fourth-order valence-corrected chi connectivity index (χ4v) is 9.12. The third kappa shape index (κ3) is 4.07. The van der Waals surface area contributed by atoms with Crippen LogP contribution in [0.25, 0.3) is 11.0 Å². The summed E-state index contributed by atoms with van der Waals surface area (Å²) in [5.41, 5.74) is 1.57. The van der Waals surface area contributed by atoms with Crippen LogP contribution in [0.15, 0.2) is 29.1 Å². The van der Waals surface area contributed by atoms with E-state index >= 15 is 0 Å². The van der Waals surface area contributed by atoms with E-state index in [0.717, 1.165) is 35.7 Å². The summed E-state index contributed by atoms with van der Waals surface area (Å²) in [6, 6.07) is 9.15. The molecule has 2 aliphatic carbocycles. The van der Waals surface area contributed by atoms with E-state index < -0.39 is 12.0 Å². The summed E-state index contributed by atoms with van der Waals surface area (Å²) in [4.78, 5) is 35.3. The minimum Gasteiger partial charge on any atom is -0.480 e. The van der Waals surface area contributed by atoms with Crippen LogP contribution in [0.5, 0.6) is 0 Å². The molecule has 38 heavy (non-hydrogen) atoms. The molecular weight excluding hydrogens is 476 g/mol. The first-order chi connectivity index (χ1) is 18.5. The number of benzene rings is 1. The Labute approximate surface area is 225 Å². The number of carboxylic acid groups (broad SMARTS) is 1. The predicted molar refractivity (Wildman–Crippen MR) is 149 cm³/mol. The highest BCUT2D eigenvalue weighted by molar-refractivity contribution is 5.81. The molecule has 2 saturated carbocycles. The Kier molecular flexibility index (Phi) is 6.25. The number of aromatic nitrogens is 2. The predicted octanol–water partition coefficient (Wildman–Crippen LogP) is 5.22. The first-order valence-electron chi connectivity index (χ1n) is 15.3. The quantitative estimate of drug-likeness (QED) is 0.598. The first-order valence-corrected chi connectivity index (χ1v) is 15.3. The molecule has 8 atom stereocenters. The van der Waals surface area contributed by atoms with Crippen molar-refractivity contribution < 1.29 is 9.90 Å². The van der Waals surface area contributed by atoms with Gasteiger partial charge in [-0.05, 0) is 81.3 Å². The van der Waals surface area contributed by atoms with Crippen molar-refractivity contribution >= 4 is 22.8 Å². The molecule has 5 aliphatic rings. The summed E-state index contributed by atoms with van der Waals surface area (Å²) in [5.74, 6) is 1.89. The maximum absolute atomic E-state index is 14.1. The zero-order chi connectivity index (χ0) is 26.0. The Balaban J connectivity index is 1.24. The van der Waals surface area contributed by atoms with E-state index in [1.165, 1.54) is 57.8 Å². The van der Waals surface area contributed by atoms with E-state index in [1.807, 2.05) is 28.8 Å². The van der Waals surface area contributed by atoms with Crippen molar-refractivity contribution in [3.8, 4) is 0 Å². The molecule has 4 heterocycles. The average Bonchev–Trinajstić information content (AvgIpc) is 3.04. The van der Waals surface area contributed by atoms with Gasteiger partial charge in [0.25, 0.3) is 5.56 Å². The lowest BCUT2D eigenvalue weighted by molar-refractivity contribution is -0.140.